The number of carbonyl (C=O) groups is 1. The highest BCUT2D eigenvalue weighted by Gasteiger charge is 2.25. The summed E-state index contributed by atoms with van der Waals surface area (Å²) in [6.45, 7) is 2.91. The zero-order chi connectivity index (χ0) is 18.9. The van der Waals surface area contributed by atoms with Gasteiger partial charge in [0.25, 0.3) is 0 Å². The van der Waals surface area contributed by atoms with Crippen LogP contribution in [0.15, 0.2) is 40.3 Å². The highest BCUT2D eigenvalue weighted by Crippen LogP contribution is 2.31. The molecule has 0 saturated carbocycles. The molecule has 1 N–H and O–H groups in total. The number of carbonyl (C=O) groups excluding carboxylic acids is 1. The first kappa shape index (κ1) is 18.0. The number of likely N-dealkylation sites (tertiary alicyclic amines) is 1. The third-order valence-electron chi connectivity index (χ3n) is 6.16. The van der Waals surface area contributed by atoms with Crippen molar-refractivity contribution in [2.45, 2.75) is 44.6 Å². The Labute approximate surface area is 169 Å². The van der Waals surface area contributed by atoms with E-state index in [9.17, 15) is 4.79 Å². The first-order chi connectivity index (χ1) is 13.8. The molecule has 0 bridgehead atoms. The Morgan fingerprint density at radius 2 is 2.00 bits per heavy atom. The second kappa shape index (κ2) is 7.72. The lowest BCUT2D eigenvalue weighted by molar-refractivity contribution is -0.120. The van der Waals surface area contributed by atoms with Crippen LogP contribution >= 0.6 is 11.3 Å². The molecule has 0 spiro atoms. The molecule has 3 aromatic rings. The fraction of sp³-hybridized carbons (Fsp3) is 0.435. The smallest absolute Gasteiger partial charge is 0.224 e. The van der Waals surface area contributed by atoms with Crippen LogP contribution in [0, 0.1) is 0 Å². The van der Waals surface area contributed by atoms with E-state index < -0.39 is 0 Å². The Balaban J connectivity index is 1.27. The molecule has 1 amide bonds. The van der Waals surface area contributed by atoms with Gasteiger partial charge in [0.15, 0.2) is 0 Å². The number of benzene rings is 1. The third-order valence-corrected chi connectivity index (χ3v) is 7.14. The molecule has 146 valence electrons. The van der Waals surface area contributed by atoms with Crippen LogP contribution in [0.3, 0.4) is 0 Å². The van der Waals surface area contributed by atoms with Crippen LogP contribution in [0.1, 0.15) is 46.9 Å². The first-order valence-electron chi connectivity index (χ1n) is 10.3. The Hall–Kier alpha value is -2.11. The van der Waals surface area contributed by atoms with Crippen LogP contribution in [-0.4, -0.2) is 30.4 Å². The van der Waals surface area contributed by atoms with Crippen molar-refractivity contribution in [1.29, 1.82) is 0 Å². The van der Waals surface area contributed by atoms with E-state index in [1.807, 2.05) is 0 Å². The second-order valence-corrected chi connectivity index (χ2v) is 8.97. The molecule has 2 aliphatic rings. The van der Waals surface area contributed by atoms with E-state index in [1.54, 1.807) is 17.6 Å². The molecule has 1 unspecified atom stereocenters. The summed E-state index contributed by atoms with van der Waals surface area (Å²) in [6.07, 6.45) is 8.14. The number of nitrogens with one attached hydrogen (secondary N) is 1. The predicted octanol–water partition coefficient (Wildman–Crippen LogP) is 4.48. The molecular formula is C23H26N2O2S. The maximum absolute atomic E-state index is 12.7. The first-order valence-corrected chi connectivity index (χ1v) is 11.2. The van der Waals surface area contributed by atoms with E-state index in [2.05, 4.69) is 39.9 Å². The summed E-state index contributed by atoms with van der Waals surface area (Å²) in [6, 6.07) is 8.97. The molecule has 3 heterocycles. The van der Waals surface area contributed by atoms with Gasteiger partial charge in [-0.15, -0.1) is 11.3 Å². The molecule has 1 aromatic carbocycles. The Bertz CT molecular complexity index is 970. The highest BCUT2D eigenvalue weighted by atomic mass is 32.1. The molecular weight excluding hydrogens is 368 g/mol. The lowest BCUT2D eigenvalue weighted by Crippen LogP contribution is -2.37. The zero-order valence-electron chi connectivity index (χ0n) is 16.1. The van der Waals surface area contributed by atoms with Gasteiger partial charge < -0.3 is 9.73 Å². The monoisotopic (exact) mass is 394 g/mol. The number of amides is 1. The minimum absolute atomic E-state index is 0.0731. The van der Waals surface area contributed by atoms with Crippen LogP contribution in [0.25, 0.3) is 11.0 Å². The van der Waals surface area contributed by atoms with Crippen LogP contribution in [0.2, 0.25) is 0 Å². The maximum atomic E-state index is 12.7. The van der Waals surface area contributed by atoms with Crippen molar-refractivity contribution in [3.63, 3.8) is 0 Å². The quantitative estimate of drug-likeness (QED) is 0.670. The molecule has 5 heteroatoms. The number of aryl methyl sites for hydroxylation is 2. The normalized spacial score (nSPS) is 17.9. The second-order valence-electron chi connectivity index (χ2n) is 7.99. The molecule has 0 radical (unpaired) electrons. The number of thiophene rings is 1. The van der Waals surface area contributed by atoms with Crippen molar-refractivity contribution >= 4 is 28.2 Å². The number of nitrogens with zero attached hydrogens (tertiary/aromatic N) is 1. The highest BCUT2D eigenvalue weighted by molar-refractivity contribution is 7.10. The van der Waals surface area contributed by atoms with E-state index in [-0.39, 0.29) is 11.9 Å². The van der Waals surface area contributed by atoms with Crippen molar-refractivity contribution in [2.75, 3.05) is 19.6 Å². The van der Waals surface area contributed by atoms with Gasteiger partial charge in [-0.05, 0) is 79.9 Å². The molecule has 1 aliphatic heterocycles. The Morgan fingerprint density at radius 1 is 1.18 bits per heavy atom. The number of furan rings is 1. The molecule has 1 aliphatic carbocycles. The van der Waals surface area contributed by atoms with E-state index >= 15 is 0 Å². The summed E-state index contributed by atoms with van der Waals surface area (Å²) in [7, 11) is 0. The van der Waals surface area contributed by atoms with Crippen molar-refractivity contribution in [3.8, 4) is 0 Å². The minimum atomic E-state index is 0.0731. The molecule has 4 nitrogen and oxygen atoms in total. The van der Waals surface area contributed by atoms with Crippen molar-refractivity contribution < 1.29 is 9.21 Å². The zero-order valence-corrected chi connectivity index (χ0v) is 16.9. The lowest BCUT2D eigenvalue weighted by atomic mass is 10.0. The van der Waals surface area contributed by atoms with Gasteiger partial charge in [0.05, 0.1) is 18.7 Å². The van der Waals surface area contributed by atoms with Crippen LogP contribution in [0.5, 0.6) is 0 Å². The predicted molar refractivity (Wildman–Crippen MR) is 113 cm³/mol. The number of rotatable bonds is 6. The standard InChI is InChI=1S/C23H26N2O2S/c26-23(24-14-20(22-7-4-10-28-22)25-8-1-2-9-25)13-18-15-27-21-12-17-6-3-5-16(17)11-19(18)21/h4,7,10-12,15,20H,1-3,5-6,8-9,13-14H2,(H,24,26). The number of hydrogen-bond acceptors (Lipinski definition) is 4. The fourth-order valence-corrected chi connectivity index (χ4v) is 5.54. The Morgan fingerprint density at radius 3 is 2.79 bits per heavy atom. The van der Waals surface area contributed by atoms with Gasteiger partial charge in [0.1, 0.15) is 5.58 Å². The van der Waals surface area contributed by atoms with Gasteiger partial charge in [0, 0.05) is 22.4 Å². The summed E-state index contributed by atoms with van der Waals surface area (Å²) < 4.78 is 5.75. The van der Waals surface area contributed by atoms with E-state index in [1.165, 1.54) is 35.3 Å². The van der Waals surface area contributed by atoms with Crippen molar-refractivity contribution in [2.24, 2.45) is 0 Å². The number of hydrogen-bond donors (Lipinski definition) is 1. The van der Waals surface area contributed by atoms with Crippen LogP contribution in [0.4, 0.5) is 0 Å². The summed E-state index contributed by atoms with van der Waals surface area (Å²) in [5.41, 5.74) is 4.73. The van der Waals surface area contributed by atoms with Crippen molar-refractivity contribution in [1.82, 2.24) is 10.2 Å². The molecule has 28 heavy (non-hydrogen) atoms. The van der Waals surface area contributed by atoms with Gasteiger partial charge in [-0.2, -0.15) is 0 Å². The number of fused-ring (bicyclic) bond motifs is 2. The summed E-state index contributed by atoms with van der Waals surface area (Å²) >= 11 is 1.78. The van der Waals surface area contributed by atoms with Crippen LogP contribution in [-0.2, 0) is 24.1 Å². The van der Waals surface area contributed by atoms with Gasteiger partial charge in [-0.1, -0.05) is 6.07 Å². The average molecular weight is 395 g/mol. The maximum Gasteiger partial charge on any atom is 0.224 e. The van der Waals surface area contributed by atoms with Crippen LogP contribution < -0.4 is 5.32 Å². The summed E-state index contributed by atoms with van der Waals surface area (Å²) in [4.78, 5) is 16.6. The molecule has 2 aromatic heterocycles. The summed E-state index contributed by atoms with van der Waals surface area (Å²) in [5, 5.41) is 6.41. The van der Waals surface area contributed by atoms with E-state index in [0.717, 1.165) is 42.5 Å². The average Bonchev–Trinajstić information content (AvgIpc) is 3.49. The SMILES string of the molecule is O=C(Cc1coc2cc3c(cc12)CCC3)NCC(c1cccs1)N1CCCC1. The molecule has 1 atom stereocenters. The topological polar surface area (TPSA) is 45.5 Å². The van der Waals surface area contributed by atoms with Crippen molar-refractivity contribution in [3.05, 3.63) is 57.5 Å². The molecule has 1 fully saturated rings. The van der Waals surface area contributed by atoms with Gasteiger partial charge in [-0.25, -0.2) is 0 Å². The van der Waals surface area contributed by atoms with Gasteiger partial charge in [-0.3, -0.25) is 9.69 Å². The minimum Gasteiger partial charge on any atom is -0.464 e. The largest absolute Gasteiger partial charge is 0.464 e. The van der Waals surface area contributed by atoms with E-state index in [4.69, 9.17) is 4.42 Å². The van der Waals surface area contributed by atoms with Gasteiger partial charge >= 0.3 is 0 Å². The molecule has 5 rings (SSSR count). The third kappa shape index (κ3) is 3.49. The summed E-state index contributed by atoms with van der Waals surface area (Å²) in [5.74, 6) is 0.0731. The molecule has 1 saturated heterocycles. The van der Waals surface area contributed by atoms with E-state index in [0.29, 0.717) is 13.0 Å². The Kier molecular flexibility index (Phi) is 4.95. The van der Waals surface area contributed by atoms with Gasteiger partial charge in [0.2, 0.25) is 5.91 Å². The fourth-order valence-electron chi connectivity index (χ4n) is 4.67. The lowest BCUT2D eigenvalue weighted by Gasteiger charge is -2.26.